The van der Waals surface area contributed by atoms with Crippen LogP contribution in [-0.2, 0) is 4.74 Å². The van der Waals surface area contributed by atoms with Crippen LogP contribution in [0.3, 0.4) is 0 Å². The average molecular weight is 386 g/mol. The highest BCUT2D eigenvalue weighted by Crippen LogP contribution is 2.21. The number of hydrogen-bond donors (Lipinski definition) is 1. The first-order valence-electron chi connectivity index (χ1n) is 9.41. The molecule has 0 saturated carbocycles. The van der Waals surface area contributed by atoms with Crippen LogP contribution in [-0.4, -0.2) is 73.6 Å². The van der Waals surface area contributed by atoms with Crippen LogP contribution in [0, 0.1) is 5.82 Å². The highest BCUT2D eigenvalue weighted by molar-refractivity contribution is 5.89. The highest BCUT2D eigenvalue weighted by Gasteiger charge is 2.22. The Morgan fingerprint density at radius 2 is 1.71 bits per heavy atom. The number of ether oxygens (including phenoxy) is 1. The third kappa shape index (κ3) is 4.30. The third-order valence-electron chi connectivity index (χ3n) is 4.99. The minimum Gasteiger partial charge on any atom is -0.378 e. The lowest BCUT2D eigenvalue weighted by Gasteiger charge is -2.36. The van der Waals surface area contributed by atoms with Gasteiger partial charge in [0.25, 0.3) is 0 Å². The number of morpholine rings is 1. The SMILES string of the molecule is O=C(Nc1ccc(F)cc1)N1CCN(c2cnnc(N3CCOCC3)c2)CC1. The number of urea groups is 1. The second kappa shape index (κ2) is 8.39. The van der Waals surface area contributed by atoms with Crippen LogP contribution in [0.5, 0.6) is 0 Å². The first kappa shape index (κ1) is 18.4. The molecule has 9 heteroatoms. The Hall–Kier alpha value is -2.94. The van der Waals surface area contributed by atoms with Crippen LogP contribution >= 0.6 is 0 Å². The van der Waals surface area contributed by atoms with Crippen molar-refractivity contribution in [3.63, 3.8) is 0 Å². The molecule has 4 rings (SSSR count). The van der Waals surface area contributed by atoms with E-state index in [0.29, 0.717) is 45.1 Å². The molecule has 148 valence electrons. The minimum absolute atomic E-state index is 0.173. The number of carbonyl (C=O) groups is 1. The molecule has 8 nitrogen and oxygen atoms in total. The van der Waals surface area contributed by atoms with Gasteiger partial charge >= 0.3 is 6.03 Å². The largest absolute Gasteiger partial charge is 0.378 e. The van der Waals surface area contributed by atoms with Gasteiger partial charge in [-0.1, -0.05) is 0 Å². The average Bonchev–Trinajstić information content (AvgIpc) is 2.76. The predicted molar refractivity (Wildman–Crippen MR) is 104 cm³/mol. The summed E-state index contributed by atoms with van der Waals surface area (Å²) >= 11 is 0. The van der Waals surface area contributed by atoms with Gasteiger partial charge in [0.15, 0.2) is 5.82 Å². The zero-order valence-electron chi connectivity index (χ0n) is 15.6. The van der Waals surface area contributed by atoms with Gasteiger partial charge < -0.3 is 24.8 Å². The first-order valence-corrected chi connectivity index (χ1v) is 9.41. The van der Waals surface area contributed by atoms with Crippen LogP contribution in [0.15, 0.2) is 36.5 Å². The number of aromatic nitrogens is 2. The molecule has 2 aliphatic heterocycles. The molecular formula is C19H23FN6O2. The molecule has 2 amide bonds. The Bertz CT molecular complexity index is 804. The maximum Gasteiger partial charge on any atom is 0.321 e. The Kier molecular flexibility index (Phi) is 5.52. The van der Waals surface area contributed by atoms with Crippen molar-refractivity contribution in [2.75, 3.05) is 67.6 Å². The zero-order valence-corrected chi connectivity index (χ0v) is 15.6. The van der Waals surface area contributed by atoms with E-state index in [-0.39, 0.29) is 11.8 Å². The number of rotatable bonds is 3. The summed E-state index contributed by atoms with van der Waals surface area (Å²) in [6.07, 6.45) is 1.76. The van der Waals surface area contributed by atoms with Gasteiger partial charge in [-0.15, -0.1) is 5.10 Å². The number of halogens is 1. The van der Waals surface area contributed by atoms with E-state index in [1.165, 1.54) is 12.1 Å². The van der Waals surface area contributed by atoms with E-state index in [0.717, 1.165) is 24.6 Å². The Morgan fingerprint density at radius 1 is 1.00 bits per heavy atom. The lowest BCUT2D eigenvalue weighted by molar-refractivity contribution is 0.122. The summed E-state index contributed by atoms with van der Waals surface area (Å²) < 4.78 is 18.4. The number of amides is 2. The van der Waals surface area contributed by atoms with E-state index >= 15 is 0 Å². The van der Waals surface area contributed by atoms with Crippen LogP contribution in [0.2, 0.25) is 0 Å². The van der Waals surface area contributed by atoms with Gasteiger partial charge in [-0.05, 0) is 24.3 Å². The van der Waals surface area contributed by atoms with Gasteiger partial charge in [0.05, 0.1) is 25.1 Å². The number of piperazine rings is 1. The summed E-state index contributed by atoms with van der Waals surface area (Å²) in [5, 5.41) is 11.2. The van der Waals surface area contributed by atoms with E-state index in [9.17, 15) is 9.18 Å². The standard InChI is InChI=1S/C19H23FN6O2/c20-15-1-3-16(4-2-15)22-19(27)26-7-5-24(6-8-26)17-13-18(23-21-14-17)25-9-11-28-12-10-25/h1-4,13-14H,5-12H2,(H,22,27). The van der Waals surface area contributed by atoms with Crippen LogP contribution < -0.4 is 15.1 Å². The summed E-state index contributed by atoms with van der Waals surface area (Å²) in [5.74, 6) is 0.534. The molecule has 2 fully saturated rings. The van der Waals surface area contributed by atoms with Crippen LogP contribution in [0.4, 0.5) is 26.4 Å². The molecule has 3 heterocycles. The maximum atomic E-state index is 13.0. The normalized spacial score (nSPS) is 17.5. The Balaban J connectivity index is 1.33. The molecule has 2 aliphatic rings. The second-order valence-corrected chi connectivity index (χ2v) is 6.78. The fourth-order valence-corrected chi connectivity index (χ4v) is 3.37. The monoisotopic (exact) mass is 386 g/mol. The number of hydrogen-bond acceptors (Lipinski definition) is 6. The number of anilines is 3. The van der Waals surface area contributed by atoms with Gasteiger partial charge in [-0.3, -0.25) is 0 Å². The summed E-state index contributed by atoms with van der Waals surface area (Å²) in [7, 11) is 0. The van der Waals surface area contributed by atoms with E-state index in [2.05, 4.69) is 25.3 Å². The molecule has 0 atom stereocenters. The van der Waals surface area contributed by atoms with Crippen molar-refractivity contribution in [3.05, 3.63) is 42.3 Å². The Labute approximate surface area is 162 Å². The quantitative estimate of drug-likeness (QED) is 0.867. The van der Waals surface area contributed by atoms with Crippen molar-refractivity contribution >= 4 is 23.2 Å². The van der Waals surface area contributed by atoms with E-state index < -0.39 is 0 Å². The third-order valence-corrected chi connectivity index (χ3v) is 4.99. The molecule has 0 spiro atoms. The van der Waals surface area contributed by atoms with Crippen molar-refractivity contribution in [1.29, 1.82) is 0 Å². The number of nitrogens with one attached hydrogen (secondary N) is 1. The predicted octanol–water partition coefficient (Wildman–Crippen LogP) is 1.81. The topological polar surface area (TPSA) is 73.8 Å². The molecule has 2 saturated heterocycles. The lowest BCUT2D eigenvalue weighted by Crippen LogP contribution is -2.50. The molecule has 0 unspecified atom stereocenters. The van der Waals surface area contributed by atoms with Gasteiger partial charge in [0, 0.05) is 51.0 Å². The fraction of sp³-hybridized carbons (Fsp3) is 0.421. The molecule has 1 N–H and O–H groups in total. The molecule has 0 aliphatic carbocycles. The van der Waals surface area contributed by atoms with Crippen molar-refractivity contribution in [1.82, 2.24) is 15.1 Å². The van der Waals surface area contributed by atoms with Crippen molar-refractivity contribution in [2.45, 2.75) is 0 Å². The molecule has 1 aromatic heterocycles. The first-order chi connectivity index (χ1) is 13.7. The molecule has 0 bridgehead atoms. The van der Waals surface area contributed by atoms with E-state index in [1.807, 2.05) is 6.07 Å². The smallest absolute Gasteiger partial charge is 0.321 e. The zero-order chi connectivity index (χ0) is 19.3. The summed E-state index contributed by atoms with van der Waals surface area (Å²) in [6.45, 7) is 5.66. The molecule has 1 aromatic carbocycles. The molecule has 2 aromatic rings. The second-order valence-electron chi connectivity index (χ2n) is 6.78. The van der Waals surface area contributed by atoms with Crippen molar-refractivity contribution < 1.29 is 13.9 Å². The minimum atomic E-state index is -0.325. The van der Waals surface area contributed by atoms with Gasteiger partial charge in [-0.2, -0.15) is 5.10 Å². The van der Waals surface area contributed by atoms with Crippen LogP contribution in [0.25, 0.3) is 0 Å². The highest BCUT2D eigenvalue weighted by atomic mass is 19.1. The lowest BCUT2D eigenvalue weighted by atomic mass is 10.2. The molecule has 28 heavy (non-hydrogen) atoms. The fourth-order valence-electron chi connectivity index (χ4n) is 3.37. The van der Waals surface area contributed by atoms with Gasteiger partial charge in [-0.25, -0.2) is 9.18 Å². The van der Waals surface area contributed by atoms with Crippen LogP contribution in [0.1, 0.15) is 0 Å². The van der Waals surface area contributed by atoms with E-state index in [1.54, 1.807) is 23.2 Å². The summed E-state index contributed by atoms with van der Waals surface area (Å²) in [5.41, 5.74) is 1.59. The summed E-state index contributed by atoms with van der Waals surface area (Å²) in [4.78, 5) is 18.6. The number of benzene rings is 1. The number of carbonyl (C=O) groups excluding carboxylic acids is 1. The van der Waals surface area contributed by atoms with Crippen molar-refractivity contribution in [2.24, 2.45) is 0 Å². The maximum absolute atomic E-state index is 13.0. The van der Waals surface area contributed by atoms with E-state index in [4.69, 9.17) is 4.74 Å². The van der Waals surface area contributed by atoms with Gasteiger partial charge in [0.2, 0.25) is 0 Å². The Morgan fingerprint density at radius 3 is 2.43 bits per heavy atom. The number of nitrogens with zero attached hydrogens (tertiary/aromatic N) is 5. The molecular weight excluding hydrogens is 363 g/mol. The van der Waals surface area contributed by atoms with Gasteiger partial charge in [0.1, 0.15) is 5.82 Å². The van der Waals surface area contributed by atoms with Crippen molar-refractivity contribution in [3.8, 4) is 0 Å². The molecule has 0 radical (unpaired) electrons. The summed E-state index contributed by atoms with van der Waals surface area (Å²) in [6, 6.07) is 7.64.